The van der Waals surface area contributed by atoms with Crippen LogP contribution in [0.4, 0.5) is 0 Å². The average Bonchev–Trinajstić information content (AvgIpc) is 2.28. The highest BCUT2D eigenvalue weighted by Gasteiger charge is 2.28. The van der Waals surface area contributed by atoms with Crippen LogP contribution < -0.4 is 0 Å². The molecule has 1 aliphatic carbocycles. The SMILES string of the molecule is COC(=O)[C@H]1C[C@@H](Br)C=C1C. The largest absolute Gasteiger partial charge is 0.469 e. The van der Waals surface area contributed by atoms with Crippen molar-refractivity contribution in [2.75, 3.05) is 7.11 Å². The molecule has 1 aliphatic rings. The fourth-order valence-electron chi connectivity index (χ4n) is 1.30. The number of hydrogen-bond donors (Lipinski definition) is 0. The molecule has 0 saturated heterocycles. The number of esters is 1. The summed E-state index contributed by atoms with van der Waals surface area (Å²) < 4.78 is 4.65. The highest BCUT2D eigenvalue weighted by molar-refractivity contribution is 9.09. The molecule has 11 heavy (non-hydrogen) atoms. The van der Waals surface area contributed by atoms with E-state index in [1.165, 1.54) is 7.11 Å². The van der Waals surface area contributed by atoms with Gasteiger partial charge in [0.1, 0.15) is 0 Å². The van der Waals surface area contributed by atoms with Gasteiger partial charge in [0.05, 0.1) is 13.0 Å². The van der Waals surface area contributed by atoms with Crippen molar-refractivity contribution in [3.63, 3.8) is 0 Å². The van der Waals surface area contributed by atoms with Crippen LogP contribution in [0.3, 0.4) is 0 Å². The van der Waals surface area contributed by atoms with Crippen LogP contribution in [0.25, 0.3) is 0 Å². The summed E-state index contributed by atoms with van der Waals surface area (Å²) in [7, 11) is 1.43. The zero-order chi connectivity index (χ0) is 8.43. The zero-order valence-corrected chi connectivity index (χ0v) is 8.22. The normalized spacial score (nSPS) is 29.9. The Hall–Kier alpha value is -0.310. The van der Waals surface area contributed by atoms with Gasteiger partial charge >= 0.3 is 5.97 Å². The summed E-state index contributed by atoms with van der Waals surface area (Å²) in [6.07, 6.45) is 2.89. The number of halogens is 1. The molecule has 0 bridgehead atoms. The lowest BCUT2D eigenvalue weighted by Crippen LogP contribution is -2.15. The first-order valence-corrected chi connectivity index (χ1v) is 4.47. The van der Waals surface area contributed by atoms with E-state index in [4.69, 9.17) is 0 Å². The van der Waals surface area contributed by atoms with Crippen LogP contribution in [-0.4, -0.2) is 17.9 Å². The number of alkyl halides is 1. The minimum absolute atomic E-state index is 0.0237. The molecule has 0 amide bonds. The van der Waals surface area contributed by atoms with Gasteiger partial charge < -0.3 is 4.74 Å². The second-order valence-electron chi connectivity index (χ2n) is 2.74. The highest BCUT2D eigenvalue weighted by atomic mass is 79.9. The van der Waals surface area contributed by atoms with Gasteiger partial charge in [0.25, 0.3) is 0 Å². The van der Waals surface area contributed by atoms with Crippen molar-refractivity contribution in [3.8, 4) is 0 Å². The molecular weight excluding hydrogens is 208 g/mol. The third-order valence-electron chi connectivity index (χ3n) is 1.94. The van der Waals surface area contributed by atoms with Gasteiger partial charge in [-0.3, -0.25) is 4.79 Å². The molecule has 0 N–H and O–H groups in total. The molecule has 0 saturated carbocycles. The molecule has 0 spiro atoms. The first kappa shape index (κ1) is 8.78. The smallest absolute Gasteiger partial charge is 0.312 e. The maximum Gasteiger partial charge on any atom is 0.312 e. The summed E-state index contributed by atoms with van der Waals surface area (Å²) in [6, 6.07) is 0. The van der Waals surface area contributed by atoms with E-state index in [0.29, 0.717) is 4.83 Å². The maximum atomic E-state index is 11.1. The Labute approximate surface area is 74.7 Å². The van der Waals surface area contributed by atoms with Gasteiger partial charge in [-0.2, -0.15) is 0 Å². The van der Waals surface area contributed by atoms with E-state index in [-0.39, 0.29) is 11.9 Å². The number of hydrogen-bond acceptors (Lipinski definition) is 2. The van der Waals surface area contributed by atoms with Crippen LogP contribution in [0.1, 0.15) is 13.3 Å². The lowest BCUT2D eigenvalue weighted by Gasteiger charge is -2.08. The summed E-state index contributed by atoms with van der Waals surface area (Å²) in [5.74, 6) is -0.148. The van der Waals surface area contributed by atoms with Gasteiger partial charge in [-0.15, -0.1) is 0 Å². The second-order valence-corrected chi connectivity index (χ2v) is 3.91. The number of methoxy groups -OCH3 is 1. The zero-order valence-electron chi connectivity index (χ0n) is 6.63. The Kier molecular flexibility index (Phi) is 2.71. The number of rotatable bonds is 1. The molecule has 0 aromatic heterocycles. The Bertz CT molecular complexity index is 198. The van der Waals surface area contributed by atoms with E-state index in [0.717, 1.165) is 12.0 Å². The molecule has 1 rings (SSSR count). The molecular formula is C8H11BrO2. The van der Waals surface area contributed by atoms with Gasteiger partial charge in [0, 0.05) is 4.83 Å². The van der Waals surface area contributed by atoms with Crippen molar-refractivity contribution in [2.24, 2.45) is 5.92 Å². The number of ether oxygens (including phenoxy) is 1. The van der Waals surface area contributed by atoms with Crippen LogP contribution in [0.2, 0.25) is 0 Å². The number of carbonyl (C=O) groups excluding carboxylic acids is 1. The molecule has 0 aromatic rings. The molecule has 62 valence electrons. The van der Waals surface area contributed by atoms with E-state index in [1.807, 2.05) is 6.92 Å². The Morgan fingerprint density at radius 3 is 2.82 bits per heavy atom. The molecule has 2 atom stereocenters. The predicted octanol–water partition coefficient (Wildman–Crippen LogP) is 1.89. The first-order chi connectivity index (χ1) is 5.15. The van der Waals surface area contributed by atoms with Crippen LogP contribution in [0.5, 0.6) is 0 Å². The standard InChI is InChI=1S/C8H11BrO2/c1-5-3-6(9)4-7(5)8(10)11-2/h3,6-7H,4H2,1-2H3/t6-,7-/m0/s1. The molecule has 0 aromatic carbocycles. The molecule has 0 aliphatic heterocycles. The molecule has 0 fully saturated rings. The number of allylic oxidation sites excluding steroid dienone is 1. The first-order valence-electron chi connectivity index (χ1n) is 3.55. The molecule has 0 radical (unpaired) electrons. The maximum absolute atomic E-state index is 11.1. The van der Waals surface area contributed by atoms with Gasteiger partial charge in [0.15, 0.2) is 0 Å². The van der Waals surface area contributed by atoms with E-state index in [2.05, 4.69) is 26.7 Å². The molecule has 0 heterocycles. The van der Waals surface area contributed by atoms with E-state index >= 15 is 0 Å². The Morgan fingerprint density at radius 1 is 1.82 bits per heavy atom. The summed E-state index contributed by atoms with van der Waals surface area (Å²) in [6.45, 7) is 1.96. The average molecular weight is 219 g/mol. The van der Waals surface area contributed by atoms with Crippen molar-refractivity contribution < 1.29 is 9.53 Å². The van der Waals surface area contributed by atoms with Crippen molar-refractivity contribution in [2.45, 2.75) is 18.2 Å². The van der Waals surface area contributed by atoms with Crippen LogP contribution in [-0.2, 0) is 9.53 Å². The molecule has 3 heteroatoms. The second kappa shape index (κ2) is 3.39. The predicted molar refractivity (Wildman–Crippen MR) is 46.6 cm³/mol. The van der Waals surface area contributed by atoms with Crippen molar-refractivity contribution in [1.29, 1.82) is 0 Å². The molecule has 0 unspecified atom stereocenters. The van der Waals surface area contributed by atoms with Crippen LogP contribution >= 0.6 is 15.9 Å². The third-order valence-corrected chi connectivity index (χ3v) is 2.58. The fourth-order valence-corrected chi connectivity index (χ4v) is 2.10. The quantitative estimate of drug-likeness (QED) is 0.382. The van der Waals surface area contributed by atoms with E-state index in [1.54, 1.807) is 0 Å². The lowest BCUT2D eigenvalue weighted by atomic mass is 10.0. The number of carbonyl (C=O) groups is 1. The van der Waals surface area contributed by atoms with Gasteiger partial charge in [0.2, 0.25) is 0 Å². The van der Waals surface area contributed by atoms with Crippen molar-refractivity contribution in [3.05, 3.63) is 11.6 Å². The van der Waals surface area contributed by atoms with Gasteiger partial charge in [-0.05, 0) is 13.3 Å². The minimum atomic E-state index is -0.124. The lowest BCUT2D eigenvalue weighted by molar-refractivity contribution is -0.143. The van der Waals surface area contributed by atoms with Crippen LogP contribution in [0, 0.1) is 5.92 Å². The minimum Gasteiger partial charge on any atom is -0.469 e. The fraction of sp³-hybridized carbons (Fsp3) is 0.625. The Balaban J connectivity index is 2.64. The van der Waals surface area contributed by atoms with Crippen LogP contribution in [0.15, 0.2) is 11.6 Å². The Morgan fingerprint density at radius 2 is 2.45 bits per heavy atom. The monoisotopic (exact) mass is 218 g/mol. The summed E-state index contributed by atoms with van der Waals surface area (Å²) in [5.41, 5.74) is 1.11. The van der Waals surface area contributed by atoms with Gasteiger partial charge in [-0.25, -0.2) is 0 Å². The van der Waals surface area contributed by atoms with Gasteiger partial charge in [-0.1, -0.05) is 27.6 Å². The van der Waals surface area contributed by atoms with E-state index < -0.39 is 0 Å². The summed E-state index contributed by atoms with van der Waals surface area (Å²) in [4.78, 5) is 11.4. The topological polar surface area (TPSA) is 26.3 Å². The van der Waals surface area contributed by atoms with Crippen molar-refractivity contribution >= 4 is 21.9 Å². The summed E-state index contributed by atoms with van der Waals surface area (Å²) >= 11 is 3.43. The highest BCUT2D eigenvalue weighted by Crippen LogP contribution is 2.30. The van der Waals surface area contributed by atoms with Crippen molar-refractivity contribution in [1.82, 2.24) is 0 Å². The third kappa shape index (κ3) is 1.83. The van der Waals surface area contributed by atoms with E-state index in [9.17, 15) is 4.79 Å². The summed E-state index contributed by atoms with van der Waals surface area (Å²) in [5, 5.41) is 0. The molecule has 2 nitrogen and oxygen atoms in total.